The Bertz CT molecular complexity index is 1130. The molecular weight excluding hydrogens is 457 g/mol. The molecule has 0 aliphatic carbocycles. The van der Waals surface area contributed by atoms with Crippen LogP contribution in [0.2, 0.25) is 0 Å². The van der Waals surface area contributed by atoms with Gasteiger partial charge in [-0.1, -0.05) is 19.1 Å². The predicted octanol–water partition coefficient (Wildman–Crippen LogP) is 4.81. The highest BCUT2D eigenvalue weighted by atomic mass is 19.4. The molecule has 1 N–H and O–H groups in total. The molecule has 12 heteroatoms. The monoisotopic (exact) mass is 478 g/mol. The van der Waals surface area contributed by atoms with E-state index in [0.29, 0.717) is 31.0 Å². The third-order valence-electron chi connectivity index (χ3n) is 5.20. The Morgan fingerprint density at radius 1 is 1.15 bits per heavy atom. The fraction of sp³-hybridized carbons (Fsp3) is 0.318. The number of fused-ring (bicyclic) bond motifs is 1. The third-order valence-corrected chi connectivity index (χ3v) is 5.20. The van der Waals surface area contributed by atoms with Crippen LogP contribution in [0.3, 0.4) is 0 Å². The van der Waals surface area contributed by atoms with Crippen LogP contribution in [0.4, 0.5) is 19.0 Å². The number of benzene rings is 2. The van der Waals surface area contributed by atoms with Gasteiger partial charge in [-0.25, -0.2) is 0 Å². The number of hydrogen-bond acceptors (Lipinski definition) is 7. The quantitative estimate of drug-likeness (QED) is 0.366. The van der Waals surface area contributed by atoms with Gasteiger partial charge in [0.25, 0.3) is 0 Å². The number of ether oxygens (including phenoxy) is 3. The number of rotatable bonds is 8. The number of nitro groups is 1. The van der Waals surface area contributed by atoms with Crippen LogP contribution in [-0.2, 0) is 13.1 Å². The number of alkyl halides is 3. The van der Waals surface area contributed by atoms with Crippen molar-refractivity contribution < 1.29 is 32.3 Å². The zero-order chi connectivity index (χ0) is 24.3. The van der Waals surface area contributed by atoms with E-state index in [9.17, 15) is 23.3 Å². The van der Waals surface area contributed by atoms with Crippen LogP contribution in [-0.4, -0.2) is 33.0 Å². The SMILES string of the molecule is CC[C@H]1Oc2nc([N+](=O)[O-])cn2C[C@@H]1NCc1ccc(Oc2ccc(OC(F)(F)F)cc2)cc1. The highest BCUT2D eigenvalue weighted by Crippen LogP contribution is 2.28. The molecule has 1 aromatic heterocycles. The molecular formula is C22H21F3N4O5. The van der Waals surface area contributed by atoms with Crippen molar-refractivity contribution in [2.75, 3.05) is 0 Å². The minimum absolute atomic E-state index is 0.0698. The van der Waals surface area contributed by atoms with E-state index in [2.05, 4.69) is 15.0 Å². The molecule has 0 saturated heterocycles. The van der Waals surface area contributed by atoms with Gasteiger partial charge in [-0.2, -0.15) is 0 Å². The van der Waals surface area contributed by atoms with E-state index in [1.165, 1.54) is 30.5 Å². The topological polar surface area (TPSA) is 101 Å². The molecule has 0 amide bonds. The Hall–Kier alpha value is -3.80. The fourth-order valence-electron chi connectivity index (χ4n) is 3.58. The molecule has 2 atom stereocenters. The molecule has 4 rings (SSSR count). The summed E-state index contributed by atoms with van der Waals surface area (Å²) in [6, 6.07) is 12.5. The van der Waals surface area contributed by atoms with E-state index in [1.807, 2.05) is 19.1 Å². The molecule has 0 bridgehead atoms. The summed E-state index contributed by atoms with van der Waals surface area (Å²) in [5.41, 5.74) is 0.971. The van der Waals surface area contributed by atoms with E-state index < -0.39 is 11.3 Å². The molecule has 0 radical (unpaired) electrons. The zero-order valence-electron chi connectivity index (χ0n) is 18.0. The first-order valence-electron chi connectivity index (χ1n) is 10.4. The van der Waals surface area contributed by atoms with Crippen molar-refractivity contribution in [1.29, 1.82) is 0 Å². The minimum atomic E-state index is -4.74. The lowest BCUT2D eigenvalue weighted by Crippen LogP contribution is -2.48. The van der Waals surface area contributed by atoms with Gasteiger partial charge in [0.1, 0.15) is 29.5 Å². The summed E-state index contributed by atoms with van der Waals surface area (Å²) in [6.07, 6.45) is -2.85. The third kappa shape index (κ3) is 5.76. The van der Waals surface area contributed by atoms with Crippen LogP contribution >= 0.6 is 0 Å². The maximum absolute atomic E-state index is 12.3. The largest absolute Gasteiger partial charge is 0.573 e. The summed E-state index contributed by atoms with van der Waals surface area (Å²) >= 11 is 0. The maximum atomic E-state index is 12.3. The highest BCUT2D eigenvalue weighted by Gasteiger charge is 2.34. The Labute approximate surface area is 192 Å². The van der Waals surface area contributed by atoms with Gasteiger partial charge in [-0.05, 0) is 53.3 Å². The second kappa shape index (κ2) is 9.59. The van der Waals surface area contributed by atoms with Gasteiger partial charge >= 0.3 is 18.2 Å². The first-order chi connectivity index (χ1) is 16.2. The lowest BCUT2D eigenvalue weighted by molar-refractivity contribution is -0.389. The van der Waals surface area contributed by atoms with Crippen LogP contribution in [0, 0.1) is 10.1 Å². The number of halogens is 3. The number of hydrogen-bond donors (Lipinski definition) is 1. The Kier molecular flexibility index (Phi) is 6.59. The summed E-state index contributed by atoms with van der Waals surface area (Å²) < 4.78 is 53.7. The molecule has 0 spiro atoms. The lowest BCUT2D eigenvalue weighted by atomic mass is 10.1. The van der Waals surface area contributed by atoms with Crippen LogP contribution in [0.1, 0.15) is 18.9 Å². The Balaban J connectivity index is 1.33. The summed E-state index contributed by atoms with van der Waals surface area (Å²) in [4.78, 5) is 14.3. The second-order valence-corrected chi connectivity index (χ2v) is 7.61. The smallest absolute Gasteiger partial charge is 0.457 e. The van der Waals surface area contributed by atoms with Crippen LogP contribution in [0.25, 0.3) is 0 Å². The first kappa shape index (κ1) is 23.4. The van der Waals surface area contributed by atoms with Gasteiger partial charge in [0.2, 0.25) is 0 Å². The van der Waals surface area contributed by atoms with E-state index in [0.717, 1.165) is 5.56 Å². The predicted molar refractivity (Wildman–Crippen MR) is 114 cm³/mol. The zero-order valence-corrected chi connectivity index (χ0v) is 18.0. The summed E-state index contributed by atoms with van der Waals surface area (Å²) in [7, 11) is 0. The number of nitrogens with one attached hydrogen (secondary N) is 1. The van der Waals surface area contributed by atoms with E-state index in [4.69, 9.17) is 9.47 Å². The van der Waals surface area contributed by atoms with Gasteiger partial charge in [0.15, 0.2) is 0 Å². The average molecular weight is 478 g/mol. The molecule has 0 saturated carbocycles. The number of imidazole rings is 1. The molecule has 2 aromatic carbocycles. The van der Waals surface area contributed by atoms with Crippen molar-refractivity contribution in [2.24, 2.45) is 0 Å². The highest BCUT2D eigenvalue weighted by molar-refractivity contribution is 5.36. The van der Waals surface area contributed by atoms with Crippen LogP contribution in [0.15, 0.2) is 54.7 Å². The normalized spacial score (nSPS) is 17.5. The standard InChI is InChI=1S/C22H21F3N4O5/c1-2-19-18(12-28-13-20(29(30)31)27-21(28)33-19)26-11-14-3-5-15(6-4-14)32-16-7-9-17(10-8-16)34-22(23,24)25/h3-10,13,18-19,26H,2,11-12H2,1H3/t18-,19+/m0/s1. The first-order valence-corrected chi connectivity index (χ1v) is 10.4. The van der Waals surface area contributed by atoms with Gasteiger partial charge in [-0.3, -0.25) is 4.57 Å². The number of nitrogens with zero attached hydrogens (tertiary/aromatic N) is 3. The molecule has 2 heterocycles. The van der Waals surface area contributed by atoms with Gasteiger partial charge in [-0.15, -0.1) is 13.2 Å². The average Bonchev–Trinajstić information content (AvgIpc) is 3.21. The molecule has 0 fully saturated rings. The summed E-state index contributed by atoms with van der Waals surface area (Å²) in [6.45, 7) is 2.99. The van der Waals surface area contributed by atoms with E-state index in [-0.39, 0.29) is 29.7 Å². The van der Waals surface area contributed by atoms with Crippen molar-refractivity contribution >= 4 is 5.82 Å². The van der Waals surface area contributed by atoms with Gasteiger partial charge in [0.05, 0.1) is 6.04 Å². The number of aromatic nitrogens is 2. The minimum Gasteiger partial charge on any atom is -0.457 e. The molecule has 0 unspecified atom stereocenters. The summed E-state index contributed by atoms with van der Waals surface area (Å²) in [5.74, 6) is 0.325. The molecule has 9 nitrogen and oxygen atoms in total. The van der Waals surface area contributed by atoms with Gasteiger partial charge < -0.3 is 29.6 Å². The van der Waals surface area contributed by atoms with Crippen LogP contribution in [0.5, 0.6) is 23.3 Å². The van der Waals surface area contributed by atoms with Crippen LogP contribution < -0.4 is 19.5 Å². The fourth-order valence-corrected chi connectivity index (χ4v) is 3.58. The Morgan fingerprint density at radius 3 is 2.35 bits per heavy atom. The molecule has 3 aromatic rings. The summed E-state index contributed by atoms with van der Waals surface area (Å²) in [5, 5.41) is 14.4. The molecule has 34 heavy (non-hydrogen) atoms. The van der Waals surface area contributed by atoms with Crippen molar-refractivity contribution in [3.63, 3.8) is 0 Å². The lowest BCUT2D eigenvalue weighted by Gasteiger charge is -2.31. The van der Waals surface area contributed by atoms with E-state index >= 15 is 0 Å². The molecule has 1 aliphatic heterocycles. The van der Waals surface area contributed by atoms with Gasteiger partial charge in [0, 0.05) is 18.1 Å². The van der Waals surface area contributed by atoms with Crippen molar-refractivity contribution in [2.45, 2.75) is 44.9 Å². The Morgan fingerprint density at radius 2 is 1.76 bits per heavy atom. The maximum Gasteiger partial charge on any atom is 0.573 e. The molecule has 180 valence electrons. The van der Waals surface area contributed by atoms with E-state index in [1.54, 1.807) is 16.7 Å². The molecule has 1 aliphatic rings. The van der Waals surface area contributed by atoms with Crippen molar-refractivity contribution in [3.05, 3.63) is 70.4 Å². The van der Waals surface area contributed by atoms with Crippen molar-refractivity contribution in [1.82, 2.24) is 14.9 Å². The van der Waals surface area contributed by atoms with Crippen molar-refractivity contribution in [3.8, 4) is 23.3 Å². The second-order valence-electron chi connectivity index (χ2n) is 7.61.